The van der Waals surface area contributed by atoms with Crippen LogP contribution in [-0.4, -0.2) is 15.9 Å². The molecule has 3 aromatic carbocycles. The predicted octanol–water partition coefficient (Wildman–Crippen LogP) is 15.6. The number of fused-ring (bicyclic) bond motifs is 3. The van der Waals surface area contributed by atoms with Crippen LogP contribution in [0, 0.1) is 36.7 Å². The number of ketones is 1. The van der Waals surface area contributed by atoms with Crippen LogP contribution in [0.25, 0.3) is 53.5 Å². The quantitative estimate of drug-likeness (QED) is 0.0800. The number of benzene rings is 3. The number of aromatic nitrogens is 1. The van der Waals surface area contributed by atoms with E-state index < -0.39 is 0 Å². The van der Waals surface area contributed by atoms with Gasteiger partial charge in [0.15, 0.2) is 5.78 Å². The van der Waals surface area contributed by atoms with E-state index in [0.717, 1.165) is 54.3 Å². The second-order valence-corrected chi connectivity index (χ2v) is 19.8. The molecule has 56 heavy (non-hydrogen) atoms. The monoisotopic (exact) mass is 965 g/mol. The fourth-order valence-electron chi connectivity index (χ4n) is 7.17. The average molecular weight is 965 g/mol. The summed E-state index contributed by atoms with van der Waals surface area (Å²) in [6.07, 6.45) is 5.90. The van der Waals surface area contributed by atoms with Crippen LogP contribution in [0.5, 0.6) is 0 Å². The number of allylic oxidation sites excluding steroid dienone is 2. The maximum absolute atomic E-state index is 12.2. The molecule has 3 aromatic heterocycles. The van der Waals surface area contributed by atoms with E-state index in [1.165, 1.54) is 58.3 Å². The summed E-state index contributed by atoms with van der Waals surface area (Å²) in [7, 11) is 0. The van der Waals surface area contributed by atoms with Crippen LogP contribution in [0.1, 0.15) is 123 Å². The largest absolute Gasteiger partial charge is 0.512 e. The van der Waals surface area contributed by atoms with E-state index in [1.54, 1.807) is 0 Å². The number of nitrogens with zero attached hydrogens (tertiary/aromatic N) is 1. The molecule has 301 valence electrons. The van der Waals surface area contributed by atoms with E-state index in [4.69, 9.17) is 4.98 Å². The van der Waals surface area contributed by atoms with E-state index in [2.05, 4.69) is 115 Å². The van der Waals surface area contributed by atoms with E-state index in [0.29, 0.717) is 5.92 Å². The van der Waals surface area contributed by atoms with Crippen LogP contribution < -0.4 is 0 Å². The van der Waals surface area contributed by atoms with Gasteiger partial charge in [-0.2, -0.15) is 0 Å². The second-order valence-electron chi connectivity index (χ2n) is 17.4. The third-order valence-corrected chi connectivity index (χ3v) is 14.4. The van der Waals surface area contributed by atoms with E-state index in [-0.39, 0.29) is 47.9 Å². The van der Waals surface area contributed by atoms with Crippen LogP contribution in [-0.2, 0) is 36.7 Å². The van der Waals surface area contributed by atoms with Gasteiger partial charge in [0, 0.05) is 57.2 Å². The van der Waals surface area contributed by atoms with Crippen molar-refractivity contribution in [3.05, 3.63) is 99.4 Å². The molecule has 0 fully saturated rings. The Bertz CT molecular complexity index is 2340. The molecule has 0 aliphatic heterocycles. The molecule has 0 amide bonds. The smallest absolute Gasteiger partial charge is 0.164 e. The number of pyridine rings is 1. The van der Waals surface area contributed by atoms with Gasteiger partial charge in [0.1, 0.15) is 5.76 Å². The number of carbonyl (C=O) groups excluding carboxylic acids is 1. The summed E-state index contributed by atoms with van der Waals surface area (Å²) >= 11 is 3.80. The molecule has 0 saturated heterocycles. The van der Waals surface area contributed by atoms with Gasteiger partial charge in [0.05, 0.1) is 10.2 Å². The van der Waals surface area contributed by atoms with Crippen molar-refractivity contribution in [2.24, 2.45) is 16.7 Å². The van der Waals surface area contributed by atoms with Gasteiger partial charge in [-0.1, -0.05) is 124 Å². The minimum Gasteiger partial charge on any atom is -0.512 e. The summed E-state index contributed by atoms with van der Waals surface area (Å²) < 4.78 is 2.64. The summed E-state index contributed by atoms with van der Waals surface area (Å²) in [4.78, 5) is 20.2. The van der Waals surface area contributed by atoms with Crippen molar-refractivity contribution in [1.29, 1.82) is 0 Å². The van der Waals surface area contributed by atoms with Crippen molar-refractivity contribution in [3.63, 3.8) is 0 Å². The molecule has 0 atom stereocenters. The molecule has 6 heteroatoms. The van der Waals surface area contributed by atoms with Gasteiger partial charge in [-0.15, -0.1) is 51.8 Å². The summed E-state index contributed by atoms with van der Waals surface area (Å²) in [5, 5.41) is 13.9. The Labute approximate surface area is 358 Å². The Balaban J connectivity index is 0.000000330. The minimum atomic E-state index is -0.337. The molecular formula is C50H62IrNO2S2-. The minimum absolute atomic E-state index is 0. The summed E-state index contributed by atoms with van der Waals surface area (Å²) in [6, 6.07) is 26.2. The van der Waals surface area contributed by atoms with Gasteiger partial charge in [0.25, 0.3) is 0 Å². The fourth-order valence-corrected chi connectivity index (χ4v) is 9.63. The molecule has 0 aliphatic carbocycles. The van der Waals surface area contributed by atoms with Gasteiger partial charge in [-0.3, -0.25) is 9.78 Å². The molecule has 0 unspecified atom stereocenters. The first-order chi connectivity index (χ1) is 25.9. The molecule has 6 aromatic rings. The molecule has 3 nitrogen and oxygen atoms in total. The zero-order valence-electron chi connectivity index (χ0n) is 35.9. The third-order valence-electron chi connectivity index (χ3n) is 12.0. The van der Waals surface area contributed by atoms with Gasteiger partial charge in [0.2, 0.25) is 0 Å². The molecule has 6 rings (SSSR count). The Kier molecular flexibility index (Phi) is 14.8. The second kappa shape index (κ2) is 18.2. The van der Waals surface area contributed by atoms with Crippen molar-refractivity contribution < 1.29 is 30.0 Å². The zero-order chi connectivity index (χ0) is 40.5. The first-order valence-corrected chi connectivity index (χ1v) is 21.9. The molecule has 0 spiro atoms. The number of thiophene rings is 2. The maximum Gasteiger partial charge on any atom is 0.164 e. The Morgan fingerprint density at radius 1 is 0.839 bits per heavy atom. The first kappa shape index (κ1) is 45.6. The van der Waals surface area contributed by atoms with Crippen molar-refractivity contribution in [2.45, 2.75) is 128 Å². The van der Waals surface area contributed by atoms with Crippen LogP contribution >= 0.6 is 22.7 Å². The third kappa shape index (κ3) is 9.58. The molecular weight excluding hydrogens is 903 g/mol. The van der Waals surface area contributed by atoms with E-state index in [9.17, 15) is 9.90 Å². The Morgan fingerprint density at radius 2 is 1.48 bits per heavy atom. The molecule has 0 aliphatic rings. The molecule has 0 bridgehead atoms. The number of rotatable bonds is 11. The standard InChI is InChI=1S/C35H34NS2.C15H28O2.Ir/c1-20(2)14-32-22(4)26-13-12-24(18-33(26)38-32)28-19-30(36-31-15-21(3)37-34(28)31)25-16-23-10-8-9-11-27(23)29(17-25)35(5,6)7;1-7-14(5,8-2)12(16)11-13(17)15(6,9-3)10-4;/h8-13,15,17-20H,14H2,1-7H3;11,16H,7-10H2,1-6H3;/q-1;;/b;12-11-;. The molecule has 1 N–H and O–H groups in total. The van der Waals surface area contributed by atoms with Crippen molar-refractivity contribution in [2.75, 3.05) is 0 Å². The zero-order valence-corrected chi connectivity index (χ0v) is 39.9. The molecule has 3 heterocycles. The van der Waals surface area contributed by atoms with Gasteiger partial charge in [-0.05, 0) is 91.5 Å². The SMILES string of the molecule is CCC(C)(CC)C(=O)/C=C(\O)C(C)(CC)CC.Cc1cc2nc(-c3[c-]c4ccccc4c(C(C)(C)C)c3)cc(-c3ccc4c(C)c(CC(C)C)sc4c3)c2s1.[Ir]. The van der Waals surface area contributed by atoms with Gasteiger partial charge >= 0.3 is 0 Å². The van der Waals surface area contributed by atoms with Crippen LogP contribution in [0.4, 0.5) is 0 Å². The predicted molar refractivity (Wildman–Crippen MR) is 242 cm³/mol. The number of carbonyl (C=O) groups is 1. The van der Waals surface area contributed by atoms with Crippen molar-refractivity contribution in [1.82, 2.24) is 4.98 Å². The van der Waals surface area contributed by atoms with E-state index >= 15 is 0 Å². The molecule has 0 saturated carbocycles. The average Bonchev–Trinajstić information content (AvgIpc) is 3.69. The summed E-state index contributed by atoms with van der Waals surface area (Å²) in [5.74, 6) is 0.947. The summed E-state index contributed by atoms with van der Waals surface area (Å²) in [6.45, 7) is 28.0. The van der Waals surface area contributed by atoms with E-state index in [1.807, 2.05) is 64.2 Å². The number of aliphatic hydroxyl groups is 1. The normalized spacial score (nSPS) is 12.6. The van der Waals surface area contributed by atoms with Crippen molar-refractivity contribution >= 4 is 59.5 Å². The number of hydrogen-bond donors (Lipinski definition) is 1. The van der Waals surface area contributed by atoms with Crippen LogP contribution in [0.15, 0.2) is 72.5 Å². The maximum atomic E-state index is 12.2. The van der Waals surface area contributed by atoms with Gasteiger partial charge < -0.3 is 5.11 Å². The van der Waals surface area contributed by atoms with Crippen LogP contribution in [0.2, 0.25) is 0 Å². The topological polar surface area (TPSA) is 50.2 Å². The Morgan fingerprint density at radius 3 is 2.09 bits per heavy atom. The number of aliphatic hydroxyl groups excluding tert-OH is 1. The summed E-state index contributed by atoms with van der Waals surface area (Å²) in [5.41, 5.74) is 7.85. The van der Waals surface area contributed by atoms with Crippen molar-refractivity contribution in [3.8, 4) is 22.4 Å². The number of aryl methyl sites for hydroxylation is 2. The van der Waals surface area contributed by atoms with Crippen LogP contribution in [0.3, 0.4) is 0 Å². The molecule has 1 radical (unpaired) electrons. The Hall–Kier alpha value is -3.15. The number of hydrogen-bond acceptors (Lipinski definition) is 5. The fraction of sp³-hybridized carbons (Fsp3) is 0.440. The van der Waals surface area contributed by atoms with Gasteiger partial charge in [-0.25, -0.2) is 0 Å². The first-order valence-electron chi connectivity index (χ1n) is 20.2.